The molecule has 1 aliphatic carbocycles. The number of ether oxygens (including phenoxy) is 1. The zero-order valence-corrected chi connectivity index (χ0v) is 15.1. The maximum atomic E-state index is 12.4. The maximum absolute atomic E-state index is 12.4. The summed E-state index contributed by atoms with van der Waals surface area (Å²) in [5, 5.41) is 0. The van der Waals surface area contributed by atoms with Crippen LogP contribution in [0.5, 0.6) is 5.75 Å². The van der Waals surface area contributed by atoms with Crippen LogP contribution in [0.4, 0.5) is 0 Å². The first-order valence-corrected chi connectivity index (χ1v) is 9.26. The Morgan fingerprint density at radius 2 is 1.72 bits per heavy atom. The molecule has 0 spiro atoms. The molecule has 0 aliphatic heterocycles. The van der Waals surface area contributed by atoms with Crippen LogP contribution in [0.15, 0.2) is 36.7 Å². The molecule has 0 saturated heterocycles. The molecule has 1 heterocycles. The van der Waals surface area contributed by atoms with Gasteiger partial charge in [0.05, 0.1) is 5.92 Å². The Balaban J connectivity index is 1.56. The number of benzene rings is 1. The van der Waals surface area contributed by atoms with E-state index in [9.17, 15) is 4.79 Å². The maximum Gasteiger partial charge on any atom is 0.314 e. The number of carbonyl (C=O) groups is 1. The van der Waals surface area contributed by atoms with Crippen LogP contribution in [0.2, 0.25) is 0 Å². The minimum Gasteiger partial charge on any atom is -0.426 e. The van der Waals surface area contributed by atoms with Crippen molar-refractivity contribution in [1.29, 1.82) is 0 Å². The lowest BCUT2D eigenvalue weighted by Gasteiger charge is -2.26. The molecule has 0 bridgehead atoms. The third-order valence-corrected chi connectivity index (χ3v) is 4.99. The zero-order chi connectivity index (χ0) is 17.6. The van der Waals surface area contributed by atoms with Crippen LogP contribution in [0.3, 0.4) is 0 Å². The van der Waals surface area contributed by atoms with Gasteiger partial charge >= 0.3 is 5.97 Å². The number of hydrogen-bond acceptors (Lipinski definition) is 4. The van der Waals surface area contributed by atoms with Gasteiger partial charge in [-0.25, -0.2) is 9.97 Å². The lowest BCUT2D eigenvalue weighted by atomic mass is 9.80. The van der Waals surface area contributed by atoms with Gasteiger partial charge in [-0.15, -0.1) is 0 Å². The summed E-state index contributed by atoms with van der Waals surface area (Å²) in [6.07, 6.45) is 10.3. The summed E-state index contributed by atoms with van der Waals surface area (Å²) in [5.41, 5.74) is 1.95. The second-order valence-corrected chi connectivity index (χ2v) is 7.04. The van der Waals surface area contributed by atoms with Crippen molar-refractivity contribution >= 4 is 5.97 Å². The minimum absolute atomic E-state index is 0.0493. The Morgan fingerprint density at radius 1 is 1.08 bits per heavy atom. The summed E-state index contributed by atoms with van der Waals surface area (Å²) >= 11 is 0. The highest BCUT2D eigenvalue weighted by Gasteiger charge is 2.27. The quantitative estimate of drug-likeness (QED) is 0.571. The molecule has 1 saturated carbocycles. The van der Waals surface area contributed by atoms with Gasteiger partial charge in [0.25, 0.3) is 0 Å². The van der Waals surface area contributed by atoms with Crippen LogP contribution < -0.4 is 4.74 Å². The third-order valence-electron chi connectivity index (χ3n) is 4.99. The van der Waals surface area contributed by atoms with Crippen molar-refractivity contribution in [3.05, 3.63) is 42.2 Å². The second-order valence-electron chi connectivity index (χ2n) is 7.04. The van der Waals surface area contributed by atoms with E-state index < -0.39 is 0 Å². The van der Waals surface area contributed by atoms with E-state index in [0.717, 1.165) is 42.7 Å². The number of hydrogen-bond donors (Lipinski definition) is 0. The average molecular weight is 338 g/mol. The van der Waals surface area contributed by atoms with E-state index in [-0.39, 0.29) is 11.9 Å². The van der Waals surface area contributed by atoms with Crippen LogP contribution in [0.25, 0.3) is 11.4 Å². The van der Waals surface area contributed by atoms with Gasteiger partial charge in [0, 0.05) is 18.0 Å². The van der Waals surface area contributed by atoms with Crippen LogP contribution in [-0.2, 0) is 4.79 Å². The first-order valence-electron chi connectivity index (χ1n) is 9.26. The Labute approximate surface area is 149 Å². The fourth-order valence-electron chi connectivity index (χ4n) is 3.51. The fraction of sp³-hybridized carbons (Fsp3) is 0.476. The molecule has 4 heteroatoms. The highest BCUT2D eigenvalue weighted by atomic mass is 16.5. The molecular formula is C21H26N2O2. The fourth-order valence-corrected chi connectivity index (χ4v) is 3.51. The van der Waals surface area contributed by atoms with Crippen molar-refractivity contribution < 1.29 is 9.53 Å². The molecule has 132 valence electrons. The molecule has 0 N–H and O–H groups in total. The van der Waals surface area contributed by atoms with Crippen LogP contribution in [0, 0.1) is 18.8 Å². The second kappa shape index (κ2) is 8.24. The molecule has 1 fully saturated rings. The third kappa shape index (κ3) is 4.65. The van der Waals surface area contributed by atoms with Crippen molar-refractivity contribution in [3.63, 3.8) is 0 Å². The molecular weight excluding hydrogens is 312 g/mol. The Kier molecular flexibility index (Phi) is 5.79. The summed E-state index contributed by atoms with van der Waals surface area (Å²) in [6.45, 7) is 4.19. The number of aromatic nitrogens is 2. The molecule has 0 radical (unpaired) electrons. The summed E-state index contributed by atoms with van der Waals surface area (Å²) in [5.74, 6) is 2.03. The lowest BCUT2D eigenvalue weighted by molar-refractivity contribution is -0.140. The van der Waals surface area contributed by atoms with E-state index >= 15 is 0 Å². The Bertz CT molecular complexity index is 687. The highest BCUT2D eigenvalue weighted by molar-refractivity contribution is 5.75. The van der Waals surface area contributed by atoms with Crippen molar-refractivity contribution in [2.75, 3.05) is 0 Å². The van der Waals surface area contributed by atoms with E-state index in [1.165, 1.54) is 12.8 Å². The number of rotatable bonds is 5. The van der Waals surface area contributed by atoms with E-state index in [2.05, 4.69) is 16.9 Å². The largest absolute Gasteiger partial charge is 0.426 e. The summed E-state index contributed by atoms with van der Waals surface area (Å²) in [6, 6.07) is 7.43. The first kappa shape index (κ1) is 17.6. The van der Waals surface area contributed by atoms with Gasteiger partial charge in [0.15, 0.2) is 5.82 Å². The lowest BCUT2D eigenvalue weighted by Crippen LogP contribution is -2.25. The minimum atomic E-state index is -0.0886. The summed E-state index contributed by atoms with van der Waals surface area (Å²) in [4.78, 5) is 21.0. The molecule has 4 nitrogen and oxygen atoms in total. The van der Waals surface area contributed by atoms with E-state index in [4.69, 9.17) is 4.74 Å². The smallest absolute Gasteiger partial charge is 0.314 e. The highest BCUT2D eigenvalue weighted by Crippen LogP contribution is 2.32. The number of nitrogens with zero attached hydrogens (tertiary/aromatic N) is 2. The average Bonchev–Trinajstić information content (AvgIpc) is 2.64. The molecule has 0 amide bonds. The van der Waals surface area contributed by atoms with Gasteiger partial charge in [-0.1, -0.05) is 19.8 Å². The Hall–Kier alpha value is -2.23. The standard InChI is InChI=1S/C21H26N2O2/c1-3-4-16-5-7-18(8-6-16)21(24)25-19-11-9-17(10-12-19)20-22-13-15(2)14-23-20/h9-14,16,18H,3-8H2,1-2H3. The van der Waals surface area contributed by atoms with Crippen molar-refractivity contribution in [1.82, 2.24) is 9.97 Å². The molecule has 1 aromatic heterocycles. The SMILES string of the molecule is CCCC1CCC(C(=O)Oc2ccc(-c3ncc(C)cn3)cc2)CC1. The molecule has 0 unspecified atom stereocenters. The zero-order valence-electron chi connectivity index (χ0n) is 15.1. The van der Waals surface area contributed by atoms with E-state index in [1.54, 1.807) is 12.4 Å². The molecule has 0 atom stereocenters. The van der Waals surface area contributed by atoms with Gasteiger partial charge in [-0.3, -0.25) is 4.79 Å². The number of aryl methyl sites for hydroxylation is 1. The normalized spacial score (nSPS) is 20.2. The number of esters is 1. The van der Waals surface area contributed by atoms with Crippen molar-refractivity contribution in [2.24, 2.45) is 11.8 Å². The topological polar surface area (TPSA) is 52.1 Å². The first-order chi connectivity index (χ1) is 12.2. The monoisotopic (exact) mass is 338 g/mol. The van der Waals surface area contributed by atoms with Crippen molar-refractivity contribution in [2.45, 2.75) is 52.4 Å². The van der Waals surface area contributed by atoms with Gasteiger partial charge < -0.3 is 4.74 Å². The van der Waals surface area contributed by atoms with Crippen LogP contribution in [0.1, 0.15) is 51.0 Å². The van der Waals surface area contributed by atoms with Crippen LogP contribution in [-0.4, -0.2) is 15.9 Å². The van der Waals surface area contributed by atoms with Crippen molar-refractivity contribution in [3.8, 4) is 17.1 Å². The van der Waals surface area contributed by atoms with Gasteiger partial charge in [-0.05, 0) is 68.4 Å². The van der Waals surface area contributed by atoms with E-state index in [0.29, 0.717) is 11.6 Å². The predicted molar refractivity (Wildman–Crippen MR) is 98.2 cm³/mol. The molecule has 25 heavy (non-hydrogen) atoms. The molecule has 1 aromatic carbocycles. The molecule has 1 aliphatic rings. The summed E-state index contributed by atoms with van der Waals surface area (Å²) in [7, 11) is 0. The molecule has 3 rings (SSSR count). The van der Waals surface area contributed by atoms with Gasteiger partial charge in [-0.2, -0.15) is 0 Å². The Morgan fingerprint density at radius 3 is 2.32 bits per heavy atom. The summed E-state index contributed by atoms with van der Waals surface area (Å²) < 4.78 is 5.58. The predicted octanol–water partition coefficient (Wildman–Crippen LogP) is 4.96. The van der Waals surface area contributed by atoms with Crippen LogP contribution >= 0.6 is 0 Å². The van der Waals surface area contributed by atoms with Gasteiger partial charge in [0.1, 0.15) is 5.75 Å². The molecule has 2 aromatic rings. The number of carbonyl (C=O) groups excluding carboxylic acids is 1. The van der Waals surface area contributed by atoms with Gasteiger partial charge in [0.2, 0.25) is 0 Å². The van der Waals surface area contributed by atoms with E-state index in [1.807, 2.05) is 31.2 Å².